The molecule has 1 heterocycles. The molecule has 0 aromatic heterocycles. The van der Waals surface area contributed by atoms with Gasteiger partial charge in [0.1, 0.15) is 11.9 Å². The highest BCUT2D eigenvalue weighted by Gasteiger charge is 2.30. The first kappa shape index (κ1) is 19.2. The van der Waals surface area contributed by atoms with E-state index in [1.807, 2.05) is 0 Å². The van der Waals surface area contributed by atoms with Crippen molar-refractivity contribution in [1.29, 1.82) is 0 Å². The van der Waals surface area contributed by atoms with Crippen molar-refractivity contribution in [1.82, 2.24) is 0 Å². The molecule has 6 nitrogen and oxygen atoms in total. The van der Waals surface area contributed by atoms with Crippen LogP contribution in [0.4, 0.5) is 0 Å². The van der Waals surface area contributed by atoms with E-state index in [0.717, 1.165) is 6.08 Å². The quantitative estimate of drug-likeness (QED) is 0.628. The zero-order valence-corrected chi connectivity index (χ0v) is 13.6. The van der Waals surface area contributed by atoms with Gasteiger partial charge in [0.2, 0.25) is 0 Å². The number of ketones is 1. The predicted molar refractivity (Wildman–Crippen MR) is 85.9 cm³/mol. The maximum atomic E-state index is 11.6. The van der Waals surface area contributed by atoms with Gasteiger partial charge in [-0.1, -0.05) is 18.2 Å². The summed E-state index contributed by atoms with van der Waals surface area (Å²) in [5.41, 5.74) is 0.532. The van der Waals surface area contributed by atoms with Gasteiger partial charge in [-0.3, -0.25) is 9.59 Å². The Bertz CT molecular complexity index is 616. The third-order valence-electron chi connectivity index (χ3n) is 2.66. The van der Waals surface area contributed by atoms with Crippen molar-refractivity contribution in [3.05, 3.63) is 41.4 Å². The maximum Gasteiger partial charge on any atom is 0.330 e. The summed E-state index contributed by atoms with van der Waals surface area (Å²) in [6.07, 6.45) is 1.09. The van der Waals surface area contributed by atoms with Gasteiger partial charge in [-0.15, -0.1) is 11.8 Å². The van der Waals surface area contributed by atoms with Crippen LogP contribution in [0.25, 0.3) is 0 Å². The number of aliphatic carboxylic acids is 1. The van der Waals surface area contributed by atoms with E-state index in [0.29, 0.717) is 15.5 Å². The summed E-state index contributed by atoms with van der Waals surface area (Å²) in [6, 6.07) is 4.94. The first-order valence-corrected chi connectivity index (χ1v) is 7.77. The molecule has 0 spiro atoms. The number of carboxylic acid groups (broad SMARTS) is 1. The van der Waals surface area contributed by atoms with Crippen LogP contribution < -0.4 is 0 Å². The lowest BCUT2D eigenvalue weighted by molar-refractivity contribution is -0.139. The third kappa shape index (κ3) is 6.05. The fourth-order valence-electron chi connectivity index (χ4n) is 1.64. The number of fused-ring (bicyclic) bond motifs is 1. The molecule has 0 saturated heterocycles. The lowest BCUT2D eigenvalue weighted by Crippen LogP contribution is -2.24. The van der Waals surface area contributed by atoms with Crippen molar-refractivity contribution < 1.29 is 29.3 Å². The van der Waals surface area contributed by atoms with Gasteiger partial charge in [-0.2, -0.15) is 0 Å². The smallest absolute Gasteiger partial charge is 0.330 e. The lowest BCUT2D eigenvalue weighted by atomic mass is 10.1. The number of Topliss-reactive ketones (excluding diaryl/α,β-unsaturated/α-hetero) is 1. The number of halogens is 1. The Balaban J connectivity index is 0.000000284. The molecule has 1 atom stereocenters. The molecule has 1 unspecified atom stereocenters. The van der Waals surface area contributed by atoms with Crippen molar-refractivity contribution in [2.45, 2.75) is 16.6 Å². The van der Waals surface area contributed by atoms with E-state index >= 15 is 0 Å². The number of carbonyl (C=O) groups is 3. The molecule has 1 aromatic carbocycles. The minimum atomic E-state index is -0.950. The largest absolute Gasteiger partial charge is 0.480 e. The summed E-state index contributed by atoms with van der Waals surface area (Å²) in [4.78, 5) is 33.2. The number of aliphatic hydroxyl groups is 1. The Morgan fingerprint density at radius 3 is 2.74 bits per heavy atom. The number of hydrogen-bond acceptors (Lipinski definition) is 6. The van der Waals surface area contributed by atoms with Crippen LogP contribution in [0.15, 0.2) is 35.7 Å². The molecule has 0 bridgehead atoms. The first-order valence-electron chi connectivity index (χ1n) is 6.51. The van der Waals surface area contributed by atoms with Crippen molar-refractivity contribution in [2.75, 3.05) is 13.2 Å². The van der Waals surface area contributed by atoms with Crippen LogP contribution >= 0.6 is 23.4 Å². The van der Waals surface area contributed by atoms with Crippen LogP contribution in [0, 0.1) is 0 Å². The fourth-order valence-corrected chi connectivity index (χ4v) is 2.90. The van der Waals surface area contributed by atoms with E-state index in [4.69, 9.17) is 21.8 Å². The summed E-state index contributed by atoms with van der Waals surface area (Å²) < 4.78 is 4.33. The van der Waals surface area contributed by atoms with Gasteiger partial charge in [0.25, 0.3) is 0 Å². The van der Waals surface area contributed by atoms with Crippen molar-refractivity contribution in [3.63, 3.8) is 0 Å². The van der Waals surface area contributed by atoms with E-state index in [1.54, 1.807) is 18.2 Å². The second kappa shape index (κ2) is 9.34. The Hall–Kier alpha value is -1.83. The highest BCUT2D eigenvalue weighted by atomic mass is 35.5. The number of aliphatic hydroxyl groups excluding tert-OH is 1. The fraction of sp³-hybridized carbons (Fsp3) is 0.267. The average molecular weight is 359 g/mol. The number of carboxylic acids is 1. The third-order valence-corrected chi connectivity index (χ3v) is 4.16. The Morgan fingerprint density at radius 2 is 2.17 bits per heavy atom. The molecule has 1 aliphatic rings. The van der Waals surface area contributed by atoms with Crippen molar-refractivity contribution in [3.8, 4) is 0 Å². The summed E-state index contributed by atoms with van der Waals surface area (Å²) in [5, 5.41) is 16.8. The molecule has 0 fully saturated rings. The van der Waals surface area contributed by atoms with Gasteiger partial charge in [-0.25, -0.2) is 4.79 Å². The summed E-state index contributed by atoms with van der Waals surface area (Å²) in [6.45, 7) is 3.06. The highest BCUT2D eigenvalue weighted by molar-refractivity contribution is 8.00. The standard InChI is InChI=1S/C10H7ClO3S.C5H8O3/c11-5-1-2-8-6(3-5)7(12)4-9(15-8)10(13)14;1-2-5(7)8-4-3-6/h1-3,9H,4H2,(H,13,14);2,6H,1,3-4H2. The van der Waals surface area contributed by atoms with E-state index in [9.17, 15) is 14.4 Å². The van der Waals surface area contributed by atoms with Crippen molar-refractivity contribution >= 4 is 41.1 Å². The summed E-state index contributed by atoms with van der Waals surface area (Å²) >= 11 is 6.96. The number of esters is 1. The topological polar surface area (TPSA) is 101 Å². The van der Waals surface area contributed by atoms with E-state index in [1.165, 1.54) is 11.8 Å². The minimum absolute atomic E-state index is 0.0351. The summed E-state index contributed by atoms with van der Waals surface area (Å²) in [7, 11) is 0. The van der Waals surface area contributed by atoms with Gasteiger partial charge in [0.05, 0.1) is 6.61 Å². The van der Waals surface area contributed by atoms with Gasteiger partial charge in [-0.05, 0) is 18.2 Å². The molecule has 1 aliphatic heterocycles. The second-order valence-electron chi connectivity index (χ2n) is 4.31. The Kier molecular flexibility index (Phi) is 7.80. The molecule has 124 valence electrons. The van der Waals surface area contributed by atoms with Crippen LogP contribution in [0.5, 0.6) is 0 Å². The predicted octanol–water partition coefficient (Wildman–Crippen LogP) is 2.18. The minimum Gasteiger partial charge on any atom is -0.480 e. The molecular weight excluding hydrogens is 344 g/mol. The normalized spacial score (nSPS) is 15.7. The zero-order chi connectivity index (χ0) is 17.4. The molecule has 0 radical (unpaired) electrons. The zero-order valence-electron chi connectivity index (χ0n) is 12.0. The van der Waals surface area contributed by atoms with Gasteiger partial charge < -0.3 is 14.9 Å². The number of ether oxygens (including phenoxy) is 1. The monoisotopic (exact) mass is 358 g/mol. The molecule has 8 heteroatoms. The SMILES string of the molecule is C=CC(=O)OCCO.O=C1CC(C(=O)O)Sc2ccc(Cl)cc21. The van der Waals surface area contributed by atoms with E-state index < -0.39 is 17.2 Å². The van der Waals surface area contributed by atoms with Crippen LogP contribution in [-0.2, 0) is 14.3 Å². The van der Waals surface area contributed by atoms with Crippen LogP contribution in [0.2, 0.25) is 5.02 Å². The van der Waals surface area contributed by atoms with Gasteiger partial charge in [0.15, 0.2) is 5.78 Å². The maximum absolute atomic E-state index is 11.6. The number of rotatable bonds is 4. The van der Waals surface area contributed by atoms with Crippen LogP contribution in [0.3, 0.4) is 0 Å². The highest BCUT2D eigenvalue weighted by Crippen LogP contribution is 2.36. The number of carbonyl (C=O) groups excluding carboxylic acids is 2. The number of hydrogen-bond donors (Lipinski definition) is 2. The molecule has 0 amide bonds. The number of thioether (sulfide) groups is 1. The molecule has 2 rings (SSSR count). The first-order chi connectivity index (χ1) is 10.9. The Labute approximate surface area is 142 Å². The molecule has 0 aliphatic carbocycles. The molecule has 2 N–H and O–H groups in total. The van der Waals surface area contributed by atoms with Crippen LogP contribution in [-0.4, -0.2) is 46.4 Å². The second-order valence-corrected chi connectivity index (χ2v) is 5.99. The van der Waals surface area contributed by atoms with Gasteiger partial charge in [0, 0.05) is 28.0 Å². The molecule has 23 heavy (non-hydrogen) atoms. The average Bonchev–Trinajstić information content (AvgIpc) is 2.53. The summed E-state index contributed by atoms with van der Waals surface area (Å²) in [5.74, 6) is -1.60. The van der Waals surface area contributed by atoms with E-state index in [-0.39, 0.29) is 25.4 Å². The number of benzene rings is 1. The van der Waals surface area contributed by atoms with E-state index in [2.05, 4.69) is 11.3 Å². The van der Waals surface area contributed by atoms with Crippen LogP contribution in [0.1, 0.15) is 16.8 Å². The molecule has 0 saturated carbocycles. The van der Waals surface area contributed by atoms with Gasteiger partial charge >= 0.3 is 11.9 Å². The van der Waals surface area contributed by atoms with Crippen molar-refractivity contribution in [2.24, 2.45) is 0 Å². The lowest BCUT2D eigenvalue weighted by Gasteiger charge is -2.19. The molecule has 1 aromatic rings. The Morgan fingerprint density at radius 1 is 1.48 bits per heavy atom. The molecular formula is C15H15ClO6S.